The van der Waals surface area contributed by atoms with E-state index in [2.05, 4.69) is 39.2 Å². The van der Waals surface area contributed by atoms with Crippen LogP contribution < -0.4 is 11.1 Å². The van der Waals surface area contributed by atoms with Gasteiger partial charge in [-0.25, -0.2) is 4.98 Å². The van der Waals surface area contributed by atoms with Gasteiger partial charge in [-0.15, -0.1) is 0 Å². The number of hydrogen-bond acceptors (Lipinski definition) is 3. The fourth-order valence-electron chi connectivity index (χ4n) is 1.76. The van der Waals surface area contributed by atoms with Crippen LogP contribution in [0.5, 0.6) is 0 Å². The highest BCUT2D eigenvalue weighted by Crippen LogP contribution is 2.24. The van der Waals surface area contributed by atoms with Crippen molar-refractivity contribution in [3.63, 3.8) is 0 Å². The van der Waals surface area contributed by atoms with Crippen LogP contribution in [0.15, 0.2) is 40.9 Å². The van der Waals surface area contributed by atoms with Gasteiger partial charge < -0.3 is 11.1 Å². The van der Waals surface area contributed by atoms with Crippen LogP contribution in [0, 0.1) is 0 Å². The summed E-state index contributed by atoms with van der Waals surface area (Å²) in [6.45, 7) is 2.12. The maximum absolute atomic E-state index is 5.59. The summed E-state index contributed by atoms with van der Waals surface area (Å²) in [7, 11) is 0. The molecule has 98 valence electrons. The van der Waals surface area contributed by atoms with E-state index in [1.165, 1.54) is 5.56 Å². The Bertz CT molecular complexity index is 613. The first-order valence-corrected chi connectivity index (χ1v) is 7.12. The second-order valence-electron chi connectivity index (χ2n) is 4.05. The third-order valence-electron chi connectivity index (χ3n) is 2.71. The fourth-order valence-corrected chi connectivity index (χ4v) is 2.28. The van der Waals surface area contributed by atoms with Crippen molar-refractivity contribution in [2.24, 2.45) is 5.73 Å². The second-order valence-corrected chi connectivity index (χ2v) is 5.41. The number of thiocarbonyl (C=S) groups is 1. The highest BCUT2D eigenvalue weighted by molar-refractivity contribution is 9.10. The summed E-state index contributed by atoms with van der Waals surface area (Å²) in [6.07, 6.45) is 0.941. The molecular weight excluding hydrogens is 322 g/mol. The van der Waals surface area contributed by atoms with Gasteiger partial charge in [0.25, 0.3) is 0 Å². The molecule has 5 heteroatoms. The monoisotopic (exact) mass is 335 g/mol. The van der Waals surface area contributed by atoms with Crippen LogP contribution in [0.3, 0.4) is 0 Å². The van der Waals surface area contributed by atoms with E-state index in [-0.39, 0.29) is 0 Å². The van der Waals surface area contributed by atoms with Crippen molar-refractivity contribution in [2.45, 2.75) is 13.3 Å². The molecule has 1 aromatic carbocycles. The van der Waals surface area contributed by atoms with Gasteiger partial charge in [-0.05, 0) is 42.3 Å². The predicted molar refractivity (Wildman–Crippen MR) is 86.9 cm³/mol. The third kappa shape index (κ3) is 3.52. The molecule has 3 nitrogen and oxygen atoms in total. The minimum atomic E-state index is 0.301. The van der Waals surface area contributed by atoms with E-state index in [4.69, 9.17) is 18.0 Å². The van der Waals surface area contributed by atoms with Crippen LogP contribution in [0.4, 0.5) is 11.5 Å². The summed E-state index contributed by atoms with van der Waals surface area (Å²) in [6, 6.07) is 11.7. The molecule has 0 aliphatic carbocycles. The van der Waals surface area contributed by atoms with Gasteiger partial charge in [0, 0.05) is 10.2 Å². The Morgan fingerprint density at radius 3 is 2.84 bits per heavy atom. The van der Waals surface area contributed by atoms with Crippen molar-refractivity contribution >= 4 is 44.6 Å². The average Bonchev–Trinajstić information content (AvgIpc) is 2.41. The molecule has 1 aromatic heterocycles. The van der Waals surface area contributed by atoms with E-state index in [1.54, 1.807) is 6.07 Å². The molecule has 0 unspecified atom stereocenters. The molecule has 19 heavy (non-hydrogen) atoms. The van der Waals surface area contributed by atoms with E-state index < -0.39 is 0 Å². The molecule has 0 fully saturated rings. The Labute approximate surface area is 126 Å². The molecule has 0 saturated carbocycles. The number of benzene rings is 1. The summed E-state index contributed by atoms with van der Waals surface area (Å²) in [5.41, 5.74) is 8.47. The largest absolute Gasteiger partial charge is 0.388 e. The lowest BCUT2D eigenvalue weighted by atomic mass is 10.1. The number of pyridine rings is 1. The third-order valence-corrected chi connectivity index (χ3v) is 3.41. The smallest absolute Gasteiger partial charge is 0.131 e. The van der Waals surface area contributed by atoms with Crippen LogP contribution in [-0.2, 0) is 6.42 Å². The molecule has 0 bridgehead atoms. The minimum absolute atomic E-state index is 0.301. The lowest BCUT2D eigenvalue weighted by Gasteiger charge is -2.11. The highest BCUT2D eigenvalue weighted by Gasteiger charge is 2.04. The summed E-state index contributed by atoms with van der Waals surface area (Å²) in [4.78, 5) is 4.68. The van der Waals surface area contributed by atoms with Crippen molar-refractivity contribution in [3.8, 4) is 0 Å². The lowest BCUT2D eigenvalue weighted by molar-refractivity contribution is 1.13. The summed E-state index contributed by atoms with van der Waals surface area (Å²) in [5, 5.41) is 3.30. The predicted octanol–water partition coefficient (Wildman–Crippen LogP) is 3.78. The first kappa shape index (κ1) is 14.0. The van der Waals surface area contributed by atoms with Crippen molar-refractivity contribution in [2.75, 3.05) is 5.32 Å². The lowest BCUT2D eigenvalue weighted by Crippen LogP contribution is -2.12. The van der Waals surface area contributed by atoms with Gasteiger partial charge in [0.2, 0.25) is 0 Å². The number of nitrogens with zero attached hydrogens (tertiary/aromatic N) is 1. The normalized spacial score (nSPS) is 10.2. The summed E-state index contributed by atoms with van der Waals surface area (Å²) >= 11 is 8.41. The molecule has 0 aliphatic rings. The van der Waals surface area contributed by atoms with E-state index in [0.29, 0.717) is 10.7 Å². The van der Waals surface area contributed by atoms with Crippen LogP contribution >= 0.6 is 28.1 Å². The molecule has 0 radical (unpaired) electrons. The number of nitrogens with one attached hydrogen (secondary N) is 1. The van der Waals surface area contributed by atoms with E-state index >= 15 is 0 Å². The molecular formula is C14H14BrN3S. The second kappa shape index (κ2) is 6.12. The van der Waals surface area contributed by atoms with Gasteiger partial charge in [-0.1, -0.05) is 41.1 Å². The van der Waals surface area contributed by atoms with Gasteiger partial charge in [0.1, 0.15) is 10.8 Å². The van der Waals surface area contributed by atoms with Gasteiger partial charge in [0.15, 0.2) is 0 Å². The van der Waals surface area contributed by atoms with Crippen LogP contribution in [0.25, 0.3) is 0 Å². The maximum Gasteiger partial charge on any atom is 0.131 e. The zero-order chi connectivity index (χ0) is 13.8. The number of halogens is 1. The quantitative estimate of drug-likeness (QED) is 0.834. The minimum Gasteiger partial charge on any atom is -0.388 e. The molecule has 0 spiro atoms. The Kier molecular flexibility index (Phi) is 4.50. The highest BCUT2D eigenvalue weighted by atomic mass is 79.9. The van der Waals surface area contributed by atoms with E-state index in [9.17, 15) is 0 Å². The van der Waals surface area contributed by atoms with Crippen molar-refractivity contribution in [1.82, 2.24) is 4.98 Å². The molecule has 0 atom stereocenters. The Balaban J connectivity index is 2.30. The fraction of sp³-hybridized carbons (Fsp3) is 0.143. The number of nitrogens with two attached hydrogens (primary N) is 1. The zero-order valence-electron chi connectivity index (χ0n) is 10.5. The number of hydrogen-bond donors (Lipinski definition) is 2. The van der Waals surface area contributed by atoms with Gasteiger partial charge >= 0.3 is 0 Å². The Hall–Kier alpha value is -1.46. The topological polar surface area (TPSA) is 50.9 Å². The zero-order valence-corrected chi connectivity index (χ0v) is 12.9. The van der Waals surface area contributed by atoms with Gasteiger partial charge in [-0.3, -0.25) is 0 Å². The van der Waals surface area contributed by atoms with Crippen LogP contribution in [0.2, 0.25) is 0 Å². The van der Waals surface area contributed by atoms with Crippen LogP contribution in [0.1, 0.15) is 18.2 Å². The van der Waals surface area contributed by atoms with Crippen molar-refractivity contribution in [1.29, 1.82) is 0 Å². The van der Waals surface area contributed by atoms with Crippen LogP contribution in [-0.4, -0.2) is 9.97 Å². The number of aromatic nitrogens is 1. The standard InChI is InChI=1S/C14H14BrN3S/c1-2-9-8-10(15)6-7-11(9)17-13-5-3-4-12(18-13)14(16)19/h3-8H,2H2,1H3,(H2,16,19)(H,17,18). The van der Waals surface area contributed by atoms with Gasteiger partial charge in [0.05, 0.1) is 5.69 Å². The molecule has 0 amide bonds. The van der Waals surface area contributed by atoms with Gasteiger partial charge in [-0.2, -0.15) is 0 Å². The number of rotatable bonds is 4. The Morgan fingerprint density at radius 1 is 1.37 bits per heavy atom. The van der Waals surface area contributed by atoms with E-state index in [1.807, 2.05) is 24.3 Å². The average molecular weight is 336 g/mol. The van der Waals surface area contributed by atoms with E-state index in [0.717, 1.165) is 22.4 Å². The molecule has 2 aromatic rings. The molecule has 2 rings (SSSR count). The maximum atomic E-state index is 5.59. The molecule has 3 N–H and O–H groups in total. The summed E-state index contributed by atoms with van der Waals surface area (Å²) < 4.78 is 1.07. The van der Waals surface area contributed by atoms with Crippen molar-refractivity contribution < 1.29 is 0 Å². The number of anilines is 2. The van der Waals surface area contributed by atoms with Crippen molar-refractivity contribution in [3.05, 3.63) is 52.1 Å². The Morgan fingerprint density at radius 2 is 2.16 bits per heavy atom. The molecule has 0 aliphatic heterocycles. The summed E-state index contributed by atoms with van der Waals surface area (Å²) in [5.74, 6) is 0.738. The first-order valence-electron chi connectivity index (χ1n) is 5.92. The molecule has 0 saturated heterocycles. The SMILES string of the molecule is CCc1cc(Br)ccc1Nc1cccc(C(N)=S)n1. The first-order chi connectivity index (χ1) is 9.10. The molecule has 1 heterocycles. The number of aryl methyl sites for hydroxylation is 1.